The summed E-state index contributed by atoms with van der Waals surface area (Å²) in [7, 11) is 1.47. The van der Waals surface area contributed by atoms with Gasteiger partial charge in [0, 0.05) is 74.9 Å². The summed E-state index contributed by atoms with van der Waals surface area (Å²) in [5, 5.41) is 39.1. The van der Waals surface area contributed by atoms with Crippen molar-refractivity contribution in [2.45, 2.75) is 111 Å². The average Bonchev–Trinajstić information content (AvgIpc) is 3.73. The topological polar surface area (TPSA) is 189 Å². The number of hydrogen-bond donors (Lipinski definition) is 4. The van der Waals surface area contributed by atoms with Crippen LogP contribution in [-0.2, 0) is 23.8 Å². The van der Waals surface area contributed by atoms with E-state index in [0.29, 0.717) is 30.9 Å². The lowest BCUT2D eigenvalue weighted by atomic mass is 9.79. The number of amides is 1. The van der Waals surface area contributed by atoms with Crippen molar-refractivity contribution < 1.29 is 48.7 Å². The summed E-state index contributed by atoms with van der Waals surface area (Å²) in [6.45, 7) is 18.7. The molecule has 14 nitrogen and oxygen atoms in total. The van der Waals surface area contributed by atoms with Gasteiger partial charge < -0.3 is 44.5 Å². The molecule has 328 valence electrons. The Labute approximate surface area is 357 Å². The van der Waals surface area contributed by atoms with Crippen molar-refractivity contribution in [3.63, 3.8) is 0 Å². The average molecular weight is 841 g/mol. The number of ether oxygens (including phenoxy) is 4. The molecule has 1 saturated heterocycles. The Balaban J connectivity index is 1.56. The number of terminal acetylenes is 1. The SMILES string of the molecule is C#CC12OC=CC(OC)C(C)C(OC(C)=O)C(C)C(O)C(C)CC(C)C=C/C=C(/C)C(=O)N=c3c(O)c4c(O)c(C)c(c(c4c4c3=NC3(CCN(CC(C)C)CC3)N4)C1=O)O2. The summed E-state index contributed by atoms with van der Waals surface area (Å²) in [5.41, 5.74) is -0.263. The fraction of sp³-hybridized carbons (Fsp3) is 0.553. The number of rotatable bonds is 4. The number of benzene rings is 2. The lowest BCUT2D eigenvalue weighted by molar-refractivity contribution is -0.159. The second-order valence-electron chi connectivity index (χ2n) is 17.8. The van der Waals surface area contributed by atoms with Crippen LogP contribution in [0.1, 0.15) is 90.6 Å². The summed E-state index contributed by atoms with van der Waals surface area (Å²) >= 11 is 0. The third-order valence-electron chi connectivity index (χ3n) is 12.6. The molecule has 4 bridgehead atoms. The van der Waals surface area contributed by atoms with Gasteiger partial charge in [-0.05, 0) is 50.0 Å². The number of carbonyl (C=O) groups excluding carboxylic acids is 3. The Kier molecular flexibility index (Phi) is 13.1. The summed E-state index contributed by atoms with van der Waals surface area (Å²) in [6.07, 6.45) is 13.4. The molecule has 4 aliphatic rings. The molecule has 14 heteroatoms. The summed E-state index contributed by atoms with van der Waals surface area (Å²) in [4.78, 5) is 53.0. The molecule has 2 aromatic rings. The number of piperidine rings is 1. The third-order valence-corrected chi connectivity index (χ3v) is 12.6. The monoisotopic (exact) mass is 840 g/mol. The molecule has 2 aromatic carbocycles. The van der Waals surface area contributed by atoms with Gasteiger partial charge in [0.2, 0.25) is 0 Å². The summed E-state index contributed by atoms with van der Waals surface area (Å²) in [6, 6.07) is 0. The number of aliphatic hydroxyl groups excluding tert-OH is 1. The quantitative estimate of drug-likeness (QED) is 0.175. The second-order valence-corrected chi connectivity index (χ2v) is 17.8. The first-order chi connectivity index (χ1) is 28.8. The number of methoxy groups -OCH3 is 1. The van der Waals surface area contributed by atoms with Crippen molar-refractivity contribution in [1.29, 1.82) is 0 Å². The minimum absolute atomic E-state index is 0.0168. The van der Waals surface area contributed by atoms with Gasteiger partial charge in [0.25, 0.3) is 11.7 Å². The molecule has 0 aromatic heterocycles. The van der Waals surface area contributed by atoms with Gasteiger partial charge in [-0.25, -0.2) is 4.99 Å². The molecule has 8 unspecified atom stereocenters. The Bertz CT molecular complexity index is 2350. The number of allylic oxidation sites excluding steroid dienone is 3. The van der Waals surface area contributed by atoms with Gasteiger partial charge in [-0.15, -0.1) is 6.42 Å². The fourth-order valence-electron chi connectivity index (χ4n) is 9.28. The predicted octanol–water partition coefficient (Wildman–Crippen LogP) is 5.39. The molecule has 6 rings (SSSR count). The number of likely N-dealkylation sites (tertiary alicyclic amines) is 1. The molecule has 4 aliphatic heterocycles. The zero-order valence-electron chi connectivity index (χ0n) is 36.9. The number of phenolic OH excluding ortho intramolecular Hbond substituents is 2. The van der Waals surface area contributed by atoms with Gasteiger partial charge in [0.05, 0.1) is 35.1 Å². The molecule has 0 radical (unpaired) electrons. The minimum atomic E-state index is -2.35. The van der Waals surface area contributed by atoms with Gasteiger partial charge in [-0.2, -0.15) is 0 Å². The number of aromatic hydroxyl groups is 2. The maximum Gasteiger partial charge on any atom is 0.383 e. The highest BCUT2D eigenvalue weighted by Gasteiger charge is 2.53. The van der Waals surface area contributed by atoms with Crippen molar-refractivity contribution >= 4 is 34.1 Å². The van der Waals surface area contributed by atoms with E-state index >= 15 is 0 Å². The number of nitrogens with zero attached hydrogens (tertiary/aromatic N) is 3. The van der Waals surface area contributed by atoms with E-state index in [0.717, 1.165) is 19.6 Å². The van der Waals surface area contributed by atoms with Crippen molar-refractivity contribution in [3.8, 4) is 29.6 Å². The molecule has 8 atom stereocenters. The number of carbonyl (C=O) groups is 3. The van der Waals surface area contributed by atoms with Crippen LogP contribution >= 0.6 is 0 Å². The molecule has 1 spiro atoms. The Morgan fingerprint density at radius 2 is 1.75 bits per heavy atom. The van der Waals surface area contributed by atoms with Gasteiger partial charge in [-0.3, -0.25) is 19.4 Å². The molecule has 61 heavy (non-hydrogen) atoms. The van der Waals surface area contributed by atoms with Crippen molar-refractivity contribution in [2.75, 3.05) is 32.1 Å². The van der Waals surface area contributed by atoms with Crippen LogP contribution in [0.25, 0.3) is 10.8 Å². The van der Waals surface area contributed by atoms with Crippen LogP contribution in [0.2, 0.25) is 0 Å². The van der Waals surface area contributed by atoms with Crippen molar-refractivity contribution in [1.82, 2.24) is 4.90 Å². The number of phenols is 2. The molecule has 4 heterocycles. The van der Waals surface area contributed by atoms with Crippen LogP contribution in [0, 0.1) is 48.9 Å². The summed E-state index contributed by atoms with van der Waals surface area (Å²) < 4.78 is 23.9. The number of aliphatic hydroxyl groups is 1. The lowest BCUT2D eigenvalue weighted by Gasteiger charge is -2.38. The van der Waals surface area contributed by atoms with Crippen LogP contribution in [-0.4, -0.2) is 94.4 Å². The van der Waals surface area contributed by atoms with Crippen molar-refractivity contribution in [3.05, 3.63) is 58.0 Å². The number of esters is 1. The lowest BCUT2D eigenvalue weighted by Crippen LogP contribution is -2.47. The Morgan fingerprint density at radius 3 is 2.38 bits per heavy atom. The molecule has 1 fully saturated rings. The number of fused-ring (bicyclic) bond motifs is 1. The van der Waals surface area contributed by atoms with Gasteiger partial charge in [0.1, 0.15) is 34.0 Å². The fourth-order valence-corrected chi connectivity index (χ4v) is 9.28. The predicted molar refractivity (Wildman–Crippen MR) is 229 cm³/mol. The highest BCUT2D eigenvalue weighted by Crippen LogP contribution is 2.51. The van der Waals surface area contributed by atoms with Crippen LogP contribution in [0.5, 0.6) is 17.2 Å². The highest BCUT2D eigenvalue weighted by molar-refractivity contribution is 6.22. The van der Waals surface area contributed by atoms with E-state index < -0.39 is 70.8 Å². The maximum atomic E-state index is 14.8. The largest absolute Gasteiger partial charge is 0.507 e. The van der Waals surface area contributed by atoms with E-state index in [4.69, 9.17) is 30.4 Å². The normalized spacial score (nSPS) is 30.2. The van der Waals surface area contributed by atoms with Crippen LogP contribution in [0.15, 0.2) is 46.1 Å². The van der Waals surface area contributed by atoms with E-state index in [-0.39, 0.29) is 55.8 Å². The zero-order chi connectivity index (χ0) is 44.7. The molecular weight excluding hydrogens is 781 g/mol. The Morgan fingerprint density at radius 1 is 1.07 bits per heavy atom. The van der Waals surface area contributed by atoms with Crippen molar-refractivity contribution in [2.24, 2.45) is 39.6 Å². The molecule has 1 amide bonds. The van der Waals surface area contributed by atoms with Crippen LogP contribution in [0.4, 0.5) is 5.69 Å². The van der Waals surface area contributed by atoms with E-state index in [9.17, 15) is 29.7 Å². The first kappa shape index (κ1) is 45.3. The number of hydrogen-bond acceptors (Lipinski definition) is 13. The van der Waals surface area contributed by atoms with Gasteiger partial charge in [0.15, 0.2) is 5.75 Å². The number of ketones is 1. The molecule has 0 saturated carbocycles. The Hall–Kier alpha value is -5.23. The van der Waals surface area contributed by atoms with E-state index in [2.05, 4.69) is 35.0 Å². The third kappa shape index (κ3) is 8.52. The first-order valence-electron chi connectivity index (χ1n) is 21.1. The van der Waals surface area contributed by atoms with E-state index in [1.807, 2.05) is 33.8 Å². The minimum Gasteiger partial charge on any atom is -0.507 e. The van der Waals surface area contributed by atoms with Crippen LogP contribution < -0.4 is 20.8 Å². The van der Waals surface area contributed by atoms with Crippen LogP contribution in [0.3, 0.4) is 0 Å². The standard InChI is InChI=1S/C47H60N4O10/c1-12-47-44(56)35-33-34(40(54)30(9)43(35)61-47)41(55)38(37-36(33)49-46(50-37)17-19-51(20-18-46)23-24(2)3)48-45(57)26(5)15-13-14-25(4)22-27(6)39(53)29(8)42(60-31(10)52)28(7)32(58-11)16-21-59-47/h1,13-16,21,24-25,27-29,32,39,42,49,53-55H,17-20,22-23H2,2-11H3/b14-13?,21-16?,26-15-,48-38?. The van der Waals surface area contributed by atoms with Gasteiger partial charge >= 0.3 is 11.8 Å². The second kappa shape index (κ2) is 17.6. The first-order valence-corrected chi connectivity index (χ1v) is 21.1. The molecule has 0 aliphatic carbocycles. The maximum absolute atomic E-state index is 14.8. The molecular formula is C47H60N4O10. The smallest absolute Gasteiger partial charge is 0.383 e. The van der Waals surface area contributed by atoms with Gasteiger partial charge in [-0.1, -0.05) is 59.8 Å². The number of Topliss-reactive ketones (excluding diaryl/α,β-unsaturated/α-hetero) is 1. The number of anilines is 1. The molecule has 4 N–H and O–H groups in total. The summed E-state index contributed by atoms with van der Waals surface area (Å²) in [5.74, 6) is -3.74. The van der Waals surface area contributed by atoms with E-state index in [1.54, 1.807) is 19.1 Å². The number of nitrogens with one attached hydrogen (secondary N) is 1. The zero-order valence-corrected chi connectivity index (χ0v) is 36.9. The van der Waals surface area contributed by atoms with E-state index in [1.165, 1.54) is 33.3 Å². The highest BCUT2D eigenvalue weighted by atomic mass is 16.7.